The summed E-state index contributed by atoms with van der Waals surface area (Å²) in [4.78, 5) is 14.4. The Bertz CT molecular complexity index is 904. The number of rotatable bonds is 9. The summed E-state index contributed by atoms with van der Waals surface area (Å²) < 4.78 is 24.4. The van der Waals surface area contributed by atoms with Crippen LogP contribution in [-0.2, 0) is 16.1 Å². The van der Waals surface area contributed by atoms with Crippen molar-refractivity contribution < 1.29 is 18.3 Å². The summed E-state index contributed by atoms with van der Waals surface area (Å²) in [5.74, 6) is -0.285. The van der Waals surface area contributed by atoms with Crippen LogP contribution in [0.5, 0.6) is 0 Å². The number of aromatic nitrogens is 2. The highest BCUT2D eigenvalue weighted by atomic mass is 32.2. The van der Waals surface area contributed by atoms with Crippen LogP contribution in [0.4, 0.5) is 4.39 Å². The Morgan fingerprint density at radius 2 is 1.89 bits per heavy atom. The largest absolute Gasteiger partial charge is 0.411 e. The van der Waals surface area contributed by atoms with Gasteiger partial charge in [0.25, 0.3) is 11.1 Å². The van der Waals surface area contributed by atoms with E-state index >= 15 is 0 Å². The van der Waals surface area contributed by atoms with E-state index in [9.17, 15) is 9.18 Å². The van der Waals surface area contributed by atoms with Crippen LogP contribution in [0, 0.1) is 5.82 Å². The molecule has 1 heterocycles. The third-order valence-corrected chi connectivity index (χ3v) is 4.77. The predicted molar refractivity (Wildman–Crippen MR) is 104 cm³/mol. The van der Waals surface area contributed by atoms with E-state index in [4.69, 9.17) is 9.15 Å². The van der Waals surface area contributed by atoms with Crippen LogP contribution in [0.25, 0.3) is 11.5 Å². The molecule has 3 rings (SSSR count). The lowest BCUT2D eigenvalue weighted by Gasteiger charge is -2.22. The molecule has 146 valence electrons. The van der Waals surface area contributed by atoms with Crippen molar-refractivity contribution in [2.24, 2.45) is 0 Å². The van der Waals surface area contributed by atoms with E-state index in [1.807, 2.05) is 30.3 Å². The molecule has 8 heteroatoms. The Kier molecular flexibility index (Phi) is 7.16. The van der Waals surface area contributed by atoms with Gasteiger partial charge in [-0.3, -0.25) is 4.79 Å². The van der Waals surface area contributed by atoms with Gasteiger partial charge in [-0.1, -0.05) is 54.2 Å². The quantitative estimate of drug-likeness (QED) is 0.510. The Labute approximate surface area is 166 Å². The molecule has 0 unspecified atom stereocenters. The number of carbonyl (C=O) groups excluding carboxylic acids is 1. The minimum Gasteiger partial charge on any atom is -0.411 e. The normalized spacial score (nSPS) is 10.8. The van der Waals surface area contributed by atoms with Gasteiger partial charge in [-0.05, 0) is 17.7 Å². The lowest BCUT2D eigenvalue weighted by molar-refractivity contribution is -0.129. The van der Waals surface area contributed by atoms with Gasteiger partial charge < -0.3 is 14.1 Å². The zero-order valence-corrected chi connectivity index (χ0v) is 16.2. The summed E-state index contributed by atoms with van der Waals surface area (Å²) in [5, 5.41) is 7.98. The van der Waals surface area contributed by atoms with E-state index in [-0.39, 0.29) is 28.3 Å². The van der Waals surface area contributed by atoms with Crippen molar-refractivity contribution in [3.8, 4) is 11.5 Å². The summed E-state index contributed by atoms with van der Waals surface area (Å²) >= 11 is 1.13. The SMILES string of the molecule is COCCN(Cc1ccccc1)C(=O)CSc1nnc(-c2ccccc2F)o1. The molecule has 0 saturated carbocycles. The zero-order valence-electron chi connectivity index (χ0n) is 15.4. The summed E-state index contributed by atoms with van der Waals surface area (Å²) in [5.41, 5.74) is 1.27. The van der Waals surface area contributed by atoms with E-state index in [1.165, 1.54) is 6.07 Å². The molecule has 1 aromatic heterocycles. The molecule has 0 aliphatic rings. The maximum atomic E-state index is 13.8. The summed E-state index contributed by atoms with van der Waals surface area (Å²) in [7, 11) is 1.60. The first-order valence-electron chi connectivity index (χ1n) is 8.69. The molecule has 0 atom stereocenters. The molecule has 0 fully saturated rings. The molecule has 0 aliphatic carbocycles. The van der Waals surface area contributed by atoms with Crippen molar-refractivity contribution in [1.29, 1.82) is 0 Å². The van der Waals surface area contributed by atoms with Crippen LogP contribution in [0.2, 0.25) is 0 Å². The van der Waals surface area contributed by atoms with Gasteiger partial charge >= 0.3 is 0 Å². The minimum absolute atomic E-state index is 0.0726. The van der Waals surface area contributed by atoms with Crippen molar-refractivity contribution in [3.63, 3.8) is 0 Å². The van der Waals surface area contributed by atoms with Crippen LogP contribution < -0.4 is 0 Å². The summed E-state index contributed by atoms with van der Waals surface area (Å²) in [6.45, 7) is 1.42. The molecular weight excluding hydrogens is 381 g/mol. The predicted octanol–water partition coefficient (Wildman–Crippen LogP) is 3.64. The van der Waals surface area contributed by atoms with E-state index in [2.05, 4.69) is 10.2 Å². The first kappa shape index (κ1) is 20.0. The smallest absolute Gasteiger partial charge is 0.277 e. The summed E-state index contributed by atoms with van der Waals surface area (Å²) in [6, 6.07) is 15.9. The summed E-state index contributed by atoms with van der Waals surface area (Å²) in [6.07, 6.45) is 0. The zero-order chi connectivity index (χ0) is 19.8. The second-order valence-electron chi connectivity index (χ2n) is 5.94. The Balaban J connectivity index is 1.61. The standard InChI is InChI=1S/C20H20FN3O3S/c1-26-12-11-24(13-15-7-3-2-4-8-15)18(25)14-28-20-23-22-19(27-20)16-9-5-6-10-17(16)21/h2-10H,11-14H2,1H3. The van der Waals surface area contributed by atoms with Gasteiger partial charge in [-0.25, -0.2) is 4.39 Å². The third kappa shape index (κ3) is 5.40. The number of nitrogens with zero attached hydrogens (tertiary/aromatic N) is 3. The molecule has 2 aromatic carbocycles. The van der Waals surface area contributed by atoms with Crippen molar-refractivity contribution in [2.75, 3.05) is 26.0 Å². The number of benzene rings is 2. The monoisotopic (exact) mass is 401 g/mol. The molecule has 0 bridgehead atoms. The van der Waals surface area contributed by atoms with Gasteiger partial charge in [-0.2, -0.15) is 0 Å². The average molecular weight is 401 g/mol. The molecule has 28 heavy (non-hydrogen) atoms. The second-order valence-corrected chi connectivity index (χ2v) is 6.86. The average Bonchev–Trinajstić information content (AvgIpc) is 3.19. The lowest BCUT2D eigenvalue weighted by atomic mass is 10.2. The maximum Gasteiger partial charge on any atom is 0.277 e. The molecule has 0 radical (unpaired) electrons. The number of hydrogen-bond acceptors (Lipinski definition) is 6. The molecule has 1 amide bonds. The number of methoxy groups -OCH3 is 1. The van der Waals surface area contributed by atoms with Gasteiger partial charge in [0, 0.05) is 20.2 Å². The molecule has 6 nitrogen and oxygen atoms in total. The van der Waals surface area contributed by atoms with E-state index in [0.717, 1.165) is 17.3 Å². The van der Waals surface area contributed by atoms with Crippen LogP contribution in [0.1, 0.15) is 5.56 Å². The number of ether oxygens (including phenoxy) is 1. The van der Waals surface area contributed by atoms with Crippen LogP contribution in [0.3, 0.4) is 0 Å². The van der Waals surface area contributed by atoms with Crippen molar-refractivity contribution in [2.45, 2.75) is 11.8 Å². The number of carbonyl (C=O) groups is 1. The fourth-order valence-corrected chi connectivity index (χ4v) is 3.19. The van der Waals surface area contributed by atoms with Crippen LogP contribution >= 0.6 is 11.8 Å². The topological polar surface area (TPSA) is 68.5 Å². The van der Waals surface area contributed by atoms with Gasteiger partial charge in [0.05, 0.1) is 17.9 Å². The molecular formula is C20H20FN3O3S. The Morgan fingerprint density at radius 1 is 1.14 bits per heavy atom. The first-order chi connectivity index (χ1) is 13.7. The lowest BCUT2D eigenvalue weighted by Crippen LogP contribution is -2.34. The van der Waals surface area contributed by atoms with E-state index in [0.29, 0.717) is 19.7 Å². The van der Waals surface area contributed by atoms with Crippen molar-refractivity contribution in [1.82, 2.24) is 15.1 Å². The number of thioether (sulfide) groups is 1. The van der Waals surface area contributed by atoms with Crippen LogP contribution in [-0.4, -0.2) is 47.0 Å². The highest BCUT2D eigenvalue weighted by Crippen LogP contribution is 2.25. The number of hydrogen-bond donors (Lipinski definition) is 0. The Hall–Kier alpha value is -2.71. The third-order valence-electron chi connectivity index (χ3n) is 3.96. The van der Waals surface area contributed by atoms with Crippen molar-refractivity contribution >= 4 is 17.7 Å². The molecule has 3 aromatic rings. The maximum absolute atomic E-state index is 13.8. The van der Waals surface area contributed by atoms with E-state index in [1.54, 1.807) is 30.2 Å². The first-order valence-corrected chi connectivity index (χ1v) is 9.68. The van der Waals surface area contributed by atoms with Crippen LogP contribution in [0.15, 0.2) is 64.2 Å². The molecule has 0 spiro atoms. The Morgan fingerprint density at radius 3 is 2.64 bits per heavy atom. The fourth-order valence-electron chi connectivity index (χ4n) is 2.52. The minimum atomic E-state index is -0.438. The fraction of sp³-hybridized carbons (Fsp3) is 0.250. The number of halogens is 1. The van der Waals surface area contributed by atoms with Gasteiger partial charge in [-0.15, -0.1) is 10.2 Å². The molecule has 0 N–H and O–H groups in total. The van der Waals surface area contributed by atoms with Gasteiger partial charge in [0.15, 0.2) is 0 Å². The molecule has 0 saturated heterocycles. The highest BCUT2D eigenvalue weighted by molar-refractivity contribution is 7.99. The second kappa shape index (κ2) is 10.0. The molecule has 0 aliphatic heterocycles. The van der Waals surface area contributed by atoms with Crippen molar-refractivity contribution in [3.05, 3.63) is 66.0 Å². The highest BCUT2D eigenvalue weighted by Gasteiger charge is 2.17. The van der Waals surface area contributed by atoms with E-state index < -0.39 is 5.82 Å². The van der Waals surface area contributed by atoms with Gasteiger partial charge in [0.1, 0.15) is 5.82 Å². The van der Waals surface area contributed by atoms with Gasteiger partial charge in [0.2, 0.25) is 5.91 Å². The number of amides is 1.